The predicted octanol–water partition coefficient (Wildman–Crippen LogP) is 3.52. The van der Waals surface area contributed by atoms with Crippen LogP contribution in [0.5, 0.6) is 0 Å². The Morgan fingerprint density at radius 1 is 1.13 bits per heavy atom. The van der Waals surface area contributed by atoms with Crippen LogP contribution in [0.15, 0.2) is 10.7 Å². The van der Waals surface area contributed by atoms with Gasteiger partial charge in [-0.3, -0.25) is 14.8 Å². The van der Waals surface area contributed by atoms with Crippen molar-refractivity contribution in [2.24, 2.45) is 5.92 Å². The molecule has 5 heterocycles. The molecule has 0 spiro atoms. The molecule has 2 N–H and O–H groups in total. The molecular weight excluding hydrogens is 486 g/mol. The number of carbonyl (C=O) groups is 2. The highest BCUT2D eigenvalue weighted by atomic mass is 16.5. The van der Waals surface area contributed by atoms with Crippen molar-refractivity contribution >= 4 is 17.8 Å². The Balaban J connectivity index is 1.12. The van der Waals surface area contributed by atoms with Gasteiger partial charge in [-0.25, -0.2) is 9.78 Å². The van der Waals surface area contributed by atoms with E-state index in [4.69, 9.17) is 9.15 Å². The molecule has 0 bridgehead atoms. The summed E-state index contributed by atoms with van der Waals surface area (Å²) in [7, 11) is 0. The Morgan fingerprint density at radius 3 is 2.63 bits per heavy atom. The zero-order valence-corrected chi connectivity index (χ0v) is 22.8. The number of anilines is 1. The number of piperazine rings is 1. The van der Waals surface area contributed by atoms with Crippen molar-refractivity contribution < 1.29 is 18.7 Å². The maximum Gasteiger partial charge on any atom is 0.321 e. The maximum absolute atomic E-state index is 13.9. The summed E-state index contributed by atoms with van der Waals surface area (Å²) < 4.78 is 11.0. The van der Waals surface area contributed by atoms with Crippen molar-refractivity contribution in [1.82, 2.24) is 29.9 Å². The lowest BCUT2D eigenvalue weighted by molar-refractivity contribution is 0.00882. The molecule has 2 atom stereocenters. The number of H-pyrrole nitrogens is 1. The third kappa shape index (κ3) is 4.59. The van der Waals surface area contributed by atoms with E-state index in [1.807, 2.05) is 23.6 Å². The first-order chi connectivity index (χ1) is 18.2. The second kappa shape index (κ2) is 9.68. The average molecular weight is 526 g/mol. The van der Waals surface area contributed by atoms with E-state index >= 15 is 0 Å². The first kappa shape index (κ1) is 25.4. The van der Waals surface area contributed by atoms with Gasteiger partial charge < -0.3 is 24.3 Å². The zero-order valence-electron chi connectivity index (χ0n) is 22.8. The number of nitrogens with one attached hydrogen (secondary N) is 2. The zero-order chi connectivity index (χ0) is 26.6. The summed E-state index contributed by atoms with van der Waals surface area (Å²) in [6, 6.07) is 0.423. The fourth-order valence-electron chi connectivity index (χ4n) is 6.14. The molecular formula is C27H39N7O4. The first-order valence-electron chi connectivity index (χ1n) is 14.0. The van der Waals surface area contributed by atoms with E-state index in [9.17, 15) is 9.59 Å². The van der Waals surface area contributed by atoms with Gasteiger partial charge in [-0.05, 0) is 59.3 Å². The molecule has 3 aliphatic heterocycles. The van der Waals surface area contributed by atoms with E-state index in [1.54, 1.807) is 0 Å². The van der Waals surface area contributed by atoms with Crippen LogP contribution >= 0.6 is 0 Å². The van der Waals surface area contributed by atoms with Crippen LogP contribution in [0, 0.1) is 5.92 Å². The molecule has 11 heteroatoms. The minimum Gasteiger partial charge on any atom is -0.448 e. The van der Waals surface area contributed by atoms with Gasteiger partial charge in [-0.15, -0.1) is 0 Å². The predicted molar refractivity (Wildman–Crippen MR) is 140 cm³/mol. The van der Waals surface area contributed by atoms with Crippen LogP contribution < -0.4 is 5.32 Å². The topological polar surface area (TPSA) is 120 Å². The number of aromatic nitrogens is 3. The molecule has 0 unspecified atom stereocenters. The molecule has 1 saturated carbocycles. The molecule has 38 heavy (non-hydrogen) atoms. The van der Waals surface area contributed by atoms with Crippen LogP contribution in [0.2, 0.25) is 0 Å². The van der Waals surface area contributed by atoms with Crippen LogP contribution in [0.25, 0.3) is 0 Å². The number of hydrogen-bond donors (Lipinski definition) is 2. The summed E-state index contributed by atoms with van der Waals surface area (Å²) in [5, 5.41) is 10.3. The lowest BCUT2D eigenvalue weighted by Gasteiger charge is -2.47. The molecule has 2 aromatic rings. The van der Waals surface area contributed by atoms with E-state index in [0.29, 0.717) is 42.7 Å². The average Bonchev–Trinajstić information content (AvgIpc) is 3.37. The van der Waals surface area contributed by atoms with Gasteiger partial charge in [0.2, 0.25) is 0 Å². The summed E-state index contributed by atoms with van der Waals surface area (Å²) in [5.74, 6) is 1.70. The molecule has 2 saturated heterocycles. The summed E-state index contributed by atoms with van der Waals surface area (Å²) in [6.07, 6.45) is 5.74. The Bertz CT molecular complexity index is 1200. The quantitative estimate of drug-likeness (QED) is 0.613. The lowest BCUT2D eigenvalue weighted by Crippen LogP contribution is -2.62. The number of hydrogen-bond acceptors (Lipinski definition) is 7. The normalized spacial score (nSPS) is 26.0. The summed E-state index contributed by atoms with van der Waals surface area (Å²) in [6.45, 7) is 13.1. The molecule has 11 nitrogen and oxygen atoms in total. The number of aromatic amines is 1. The number of fused-ring (bicyclic) bond motifs is 1. The fraction of sp³-hybridized carbons (Fsp3) is 0.704. The maximum atomic E-state index is 13.9. The molecule has 3 fully saturated rings. The Labute approximate surface area is 223 Å². The smallest absolute Gasteiger partial charge is 0.321 e. The van der Waals surface area contributed by atoms with E-state index in [1.165, 1.54) is 6.26 Å². The van der Waals surface area contributed by atoms with E-state index < -0.39 is 5.54 Å². The van der Waals surface area contributed by atoms with Crippen molar-refractivity contribution in [3.05, 3.63) is 29.1 Å². The highest BCUT2D eigenvalue weighted by Crippen LogP contribution is 2.42. The number of rotatable bonds is 5. The summed E-state index contributed by atoms with van der Waals surface area (Å²) in [5.41, 5.74) is 1.34. The minimum absolute atomic E-state index is 0.0209. The Kier molecular flexibility index (Phi) is 6.46. The third-order valence-corrected chi connectivity index (χ3v) is 8.81. The Morgan fingerprint density at radius 2 is 1.89 bits per heavy atom. The van der Waals surface area contributed by atoms with Gasteiger partial charge in [0, 0.05) is 56.4 Å². The van der Waals surface area contributed by atoms with Crippen LogP contribution in [0.3, 0.4) is 0 Å². The minimum atomic E-state index is -0.586. The summed E-state index contributed by atoms with van der Waals surface area (Å²) >= 11 is 0. The number of urea groups is 1. The van der Waals surface area contributed by atoms with Crippen LogP contribution in [0.4, 0.5) is 10.6 Å². The molecule has 0 aromatic carbocycles. The van der Waals surface area contributed by atoms with Crippen molar-refractivity contribution in [2.45, 2.75) is 83.5 Å². The second-order valence-corrected chi connectivity index (χ2v) is 12.0. The molecule has 3 amide bonds. The van der Waals surface area contributed by atoms with Gasteiger partial charge in [0.25, 0.3) is 5.91 Å². The summed E-state index contributed by atoms with van der Waals surface area (Å²) in [4.78, 5) is 37.6. The second-order valence-electron chi connectivity index (χ2n) is 12.0. The van der Waals surface area contributed by atoms with Crippen LogP contribution in [0.1, 0.15) is 86.9 Å². The molecule has 1 aliphatic carbocycles. The van der Waals surface area contributed by atoms with Gasteiger partial charge in [0.1, 0.15) is 6.26 Å². The highest BCUT2D eigenvalue weighted by molar-refractivity contribution is 6.02. The van der Waals surface area contributed by atoms with Crippen LogP contribution in [-0.4, -0.2) is 86.8 Å². The SMILES string of the molecule is C[C@@H]1CN(C(=O)N2Cc3c(NC(=O)c4coc(C5CC5)n4)n[nH]c3C2(C)C)[C@@H](C)CN1CC1CCOCC1. The number of carbonyl (C=O) groups excluding carboxylic acids is 2. The number of ether oxygens (including phenoxy) is 1. The van der Waals surface area contributed by atoms with Gasteiger partial charge in [-0.2, -0.15) is 5.10 Å². The van der Waals surface area contributed by atoms with Crippen LogP contribution in [-0.2, 0) is 16.8 Å². The van der Waals surface area contributed by atoms with Gasteiger partial charge in [-0.1, -0.05) is 0 Å². The molecule has 2 aromatic heterocycles. The van der Waals surface area contributed by atoms with Crippen molar-refractivity contribution in [3.8, 4) is 0 Å². The van der Waals surface area contributed by atoms with E-state index in [0.717, 1.165) is 63.2 Å². The van der Waals surface area contributed by atoms with Crippen molar-refractivity contribution in [3.63, 3.8) is 0 Å². The monoisotopic (exact) mass is 525 g/mol. The number of amides is 3. The third-order valence-electron chi connectivity index (χ3n) is 8.81. The van der Waals surface area contributed by atoms with Gasteiger partial charge in [0.15, 0.2) is 17.4 Å². The molecule has 206 valence electrons. The van der Waals surface area contributed by atoms with E-state index in [2.05, 4.69) is 39.2 Å². The molecule has 6 rings (SSSR count). The first-order valence-corrected chi connectivity index (χ1v) is 14.0. The van der Waals surface area contributed by atoms with Crippen molar-refractivity contribution in [1.29, 1.82) is 0 Å². The molecule has 4 aliphatic rings. The molecule has 0 radical (unpaired) electrons. The van der Waals surface area contributed by atoms with E-state index in [-0.39, 0.29) is 23.7 Å². The van der Waals surface area contributed by atoms with Crippen molar-refractivity contribution in [2.75, 3.05) is 38.2 Å². The number of nitrogens with zero attached hydrogens (tertiary/aromatic N) is 5. The fourth-order valence-corrected chi connectivity index (χ4v) is 6.14. The standard InChI is InChI=1S/C27H39N7O4/c1-16-12-33(17(2)11-32(16)13-18-7-9-37-10-8-18)26(36)34-14-20-22(27(34,3)4)30-31-23(20)29-24(35)21-15-38-25(28-21)19-5-6-19/h15-19H,5-14H2,1-4H3,(H2,29,30,31,35)/t16-,17+/m1/s1. The Hall–Kier alpha value is -2.92. The largest absolute Gasteiger partial charge is 0.448 e. The lowest BCUT2D eigenvalue weighted by atomic mass is 9.97. The number of oxazole rings is 1. The highest BCUT2D eigenvalue weighted by Gasteiger charge is 2.47. The van der Waals surface area contributed by atoms with Gasteiger partial charge >= 0.3 is 6.03 Å². The van der Waals surface area contributed by atoms with Gasteiger partial charge in [0.05, 0.1) is 17.8 Å².